The van der Waals surface area contributed by atoms with Gasteiger partial charge in [-0.2, -0.15) is 4.98 Å². The minimum Gasteiger partial charge on any atom is -0.480 e. The van der Waals surface area contributed by atoms with Crippen LogP contribution in [0.2, 0.25) is 0 Å². The number of aromatic nitrogens is 3. The maximum atomic E-state index is 11.5. The molecule has 0 saturated heterocycles. The number of rotatable bonds is 1. The highest BCUT2D eigenvalue weighted by atomic mass is 16.5. The third kappa shape index (κ3) is 1.22. The third-order valence-corrected chi connectivity index (χ3v) is 1.89. The highest BCUT2D eigenvalue weighted by molar-refractivity contribution is 5.82. The van der Waals surface area contributed by atoms with Crippen LogP contribution in [-0.2, 0) is 0 Å². The maximum absolute atomic E-state index is 11.5. The molecule has 0 saturated carbocycles. The molecular formula is C9H9N3O2. The quantitative estimate of drug-likeness (QED) is 0.718. The molecule has 0 aliphatic heterocycles. The fraction of sp³-hybridized carbons (Fsp3) is 0.222. The average molecular weight is 191 g/mol. The standard InChI is InChI=1S/C9H9N3O2/c1-5-11-6-3-4-10-8(13)7(6)9(12-5)14-2/h3-4H,1-2H3,(H,10,13). The van der Waals surface area contributed by atoms with Gasteiger partial charge in [-0.25, -0.2) is 4.98 Å². The summed E-state index contributed by atoms with van der Waals surface area (Å²) in [5, 5.41) is 0.389. The van der Waals surface area contributed by atoms with Crippen LogP contribution in [0.3, 0.4) is 0 Å². The van der Waals surface area contributed by atoms with Crippen LogP contribution in [0.15, 0.2) is 17.1 Å². The summed E-state index contributed by atoms with van der Waals surface area (Å²) in [5.74, 6) is 0.898. The Morgan fingerprint density at radius 3 is 2.93 bits per heavy atom. The monoisotopic (exact) mass is 191 g/mol. The van der Waals surface area contributed by atoms with E-state index in [1.807, 2.05) is 0 Å². The zero-order valence-corrected chi connectivity index (χ0v) is 7.87. The smallest absolute Gasteiger partial charge is 0.262 e. The number of nitrogens with one attached hydrogen (secondary N) is 1. The lowest BCUT2D eigenvalue weighted by atomic mass is 10.3. The van der Waals surface area contributed by atoms with Gasteiger partial charge >= 0.3 is 0 Å². The first-order valence-corrected chi connectivity index (χ1v) is 4.12. The van der Waals surface area contributed by atoms with Crippen molar-refractivity contribution in [1.29, 1.82) is 0 Å². The van der Waals surface area contributed by atoms with E-state index in [1.54, 1.807) is 19.2 Å². The molecule has 0 aliphatic rings. The van der Waals surface area contributed by atoms with Crippen LogP contribution in [0, 0.1) is 6.92 Å². The van der Waals surface area contributed by atoms with Crippen molar-refractivity contribution in [3.8, 4) is 5.88 Å². The molecule has 0 aromatic carbocycles. The second-order valence-electron chi connectivity index (χ2n) is 2.85. The molecule has 0 atom stereocenters. The summed E-state index contributed by atoms with van der Waals surface area (Å²) >= 11 is 0. The Morgan fingerprint density at radius 1 is 1.43 bits per heavy atom. The second kappa shape index (κ2) is 3.10. The van der Waals surface area contributed by atoms with Crippen molar-refractivity contribution in [1.82, 2.24) is 15.0 Å². The summed E-state index contributed by atoms with van der Waals surface area (Å²) in [4.78, 5) is 22.2. The molecule has 2 aromatic heterocycles. The number of hydrogen-bond donors (Lipinski definition) is 1. The SMILES string of the molecule is COc1nc(C)nc2cc[nH]c(=O)c12. The minimum atomic E-state index is -0.237. The van der Waals surface area contributed by atoms with E-state index in [0.29, 0.717) is 22.6 Å². The van der Waals surface area contributed by atoms with E-state index in [1.165, 1.54) is 7.11 Å². The Kier molecular flexibility index (Phi) is 1.92. The first kappa shape index (κ1) is 8.68. The number of H-pyrrole nitrogens is 1. The number of methoxy groups -OCH3 is 1. The maximum Gasteiger partial charge on any atom is 0.262 e. The molecule has 2 aromatic rings. The highest BCUT2D eigenvalue weighted by Gasteiger charge is 2.08. The minimum absolute atomic E-state index is 0.237. The van der Waals surface area contributed by atoms with Crippen LogP contribution >= 0.6 is 0 Å². The Labute approximate surface area is 79.8 Å². The van der Waals surface area contributed by atoms with E-state index in [4.69, 9.17) is 4.74 Å². The van der Waals surface area contributed by atoms with Gasteiger partial charge in [0.25, 0.3) is 5.56 Å². The van der Waals surface area contributed by atoms with E-state index >= 15 is 0 Å². The number of pyridine rings is 1. The van der Waals surface area contributed by atoms with Gasteiger partial charge in [-0.1, -0.05) is 0 Å². The summed E-state index contributed by atoms with van der Waals surface area (Å²) in [6.45, 7) is 1.75. The van der Waals surface area contributed by atoms with Crippen molar-refractivity contribution in [2.75, 3.05) is 7.11 Å². The van der Waals surface area contributed by atoms with Gasteiger partial charge in [0, 0.05) is 6.20 Å². The van der Waals surface area contributed by atoms with E-state index in [9.17, 15) is 4.79 Å². The Hall–Kier alpha value is -1.91. The van der Waals surface area contributed by atoms with Crippen LogP contribution in [0.5, 0.6) is 5.88 Å². The second-order valence-corrected chi connectivity index (χ2v) is 2.85. The van der Waals surface area contributed by atoms with Crippen molar-refractivity contribution in [3.05, 3.63) is 28.4 Å². The van der Waals surface area contributed by atoms with Gasteiger partial charge in [0.2, 0.25) is 5.88 Å². The van der Waals surface area contributed by atoms with Gasteiger partial charge in [0.15, 0.2) is 0 Å². The Bertz CT molecular complexity index is 533. The zero-order valence-electron chi connectivity index (χ0n) is 7.87. The van der Waals surface area contributed by atoms with Crippen molar-refractivity contribution in [3.63, 3.8) is 0 Å². The number of hydrogen-bond acceptors (Lipinski definition) is 4. The molecule has 5 nitrogen and oxygen atoms in total. The summed E-state index contributed by atoms with van der Waals surface area (Å²) in [7, 11) is 1.48. The molecule has 0 bridgehead atoms. The van der Waals surface area contributed by atoms with Gasteiger partial charge < -0.3 is 9.72 Å². The first-order chi connectivity index (χ1) is 6.72. The molecule has 0 radical (unpaired) electrons. The number of aryl methyl sites for hydroxylation is 1. The number of ether oxygens (including phenoxy) is 1. The Balaban J connectivity index is 2.96. The van der Waals surface area contributed by atoms with Gasteiger partial charge in [-0.3, -0.25) is 4.79 Å². The number of aromatic amines is 1. The summed E-state index contributed by atoms with van der Waals surface area (Å²) in [6.07, 6.45) is 1.55. The van der Waals surface area contributed by atoms with Crippen LogP contribution < -0.4 is 10.3 Å². The van der Waals surface area contributed by atoms with Crippen LogP contribution in [0.25, 0.3) is 10.9 Å². The lowest BCUT2D eigenvalue weighted by Gasteiger charge is -2.03. The molecule has 72 valence electrons. The van der Waals surface area contributed by atoms with E-state index in [-0.39, 0.29) is 5.56 Å². The lowest BCUT2D eigenvalue weighted by molar-refractivity contribution is 0.401. The molecule has 14 heavy (non-hydrogen) atoms. The van der Waals surface area contributed by atoms with Crippen LogP contribution in [0.4, 0.5) is 0 Å². The zero-order chi connectivity index (χ0) is 10.1. The summed E-state index contributed by atoms with van der Waals surface area (Å²) in [5.41, 5.74) is 0.359. The van der Waals surface area contributed by atoms with Gasteiger partial charge in [0.1, 0.15) is 11.2 Å². The largest absolute Gasteiger partial charge is 0.480 e. The molecule has 0 spiro atoms. The highest BCUT2D eigenvalue weighted by Crippen LogP contribution is 2.16. The fourth-order valence-corrected chi connectivity index (χ4v) is 1.32. The molecule has 2 rings (SSSR count). The summed E-state index contributed by atoms with van der Waals surface area (Å²) < 4.78 is 5.02. The van der Waals surface area contributed by atoms with Crippen molar-refractivity contribution < 1.29 is 4.74 Å². The van der Waals surface area contributed by atoms with E-state index in [0.717, 1.165) is 0 Å². The normalized spacial score (nSPS) is 10.4. The van der Waals surface area contributed by atoms with E-state index < -0.39 is 0 Å². The molecule has 5 heteroatoms. The molecule has 0 unspecified atom stereocenters. The molecule has 0 aliphatic carbocycles. The first-order valence-electron chi connectivity index (χ1n) is 4.12. The van der Waals surface area contributed by atoms with Gasteiger partial charge in [-0.15, -0.1) is 0 Å². The predicted octanol–water partition coefficient (Wildman–Crippen LogP) is 0.635. The van der Waals surface area contributed by atoms with Crippen molar-refractivity contribution in [2.24, 2.45) is 0 Å². The van der Waals surface area contributed by atoms with Gasteiger partial charge in [0.05, 0.1) is 12.6 Å². The number of fused-ring (bicyclic) bond motifs is 1. The topological polar surface area (TPSA) is 67.9 Å². The Morgan fingerprint density at radius 2 is 2.21 bits per heavy atom. The van der Waals surface area contributed by atoms with E-state index in [2.05, 4.69) is 15.0 Å². The van der Waals surface area contributed by atoms with Crippen molar-refractivity contribution in [2.45, 2.75) is 6.92 Å². The summed E-state index contributed by atoms with van der Waals surface area (Å²) in [6, 6.07) is 1.72. The predicted molar refractivity (Wildman–Crippen MR) is 51.4 cm³/mol. The van der Waals surface area contributed by atoms with Gasteiger partial charge in [-0.05, 0) is 13.0 Å². The number of nitrogens with zero attached hydrogens (tertiary/aromatic N) is 2. The average Bonchev–Trinajstić information content (AvgIpc) is 2.16. The van der Waals surface area contributed by atoms with Crippen molar-refractivity contribution >= 4 is 10.9 Å². The molecular weight excluding hydrogens is 182 g/mol. The van der Waals surface area contributed by atoms with Crippen LogP contribution in [-0.4, -0.2) is 22.1 Å². The molecule has 0 fully saturated rings. The third-order valence-electron chi connectivity index (χ3n) is 1.89. The lowest BCUT2D eigenvalue weighted by Crippen LogP contribution is -2.09. The molecule has 0 amide bonds. The van der Waals surface area contributed by atoms with Crippen LogP contribution in [0.1, 0.15) is 5.82 Å². The molecule has 1 N–H and O–H groups in total. The fourth-order valence-electron chi connectivity index (χ4n) is 1.32. The molecule has 2 heterocycles.